The van der Waals surface area contributed by atoms with E-state index in [0.717, 1.165) is 22.6 Å². The molecule has 0 radical (unpaired) electrons. The van der Waals surface area contributed by atoms with Gasteiger partial charge in [-0.25, -0.2) is 32.3 Å². The highest BCUT2D eigenvalue weighted by atomic mass is 32.1. The van der Waals surface area contributed by atoms with E-state index in [2.05, 4.69) is 14.3 Å². The molecule has 0 spiro atoms. The van der Waals surface area contributed by atoms with Crippen LogP contribution >= 0.6 is 11.5 Å². The minimum absolute atomic E-state index is 0.0440. The monoisotopic (exact) mass is 600 g/mol. The third kappa shape index (κ3) is 5.98. The Kier molecular flexibility index (Phi) is 7.64. The molecule has 0 aliphatic rings. The van der Waals surface area contributed by atoms with Crippen molar-refractivity contribution in [2.75, 3.05) is 0 Å². The molecule has 0 unspecified atom stereocenters. The maximum atomic E-state index is 15.5. The molecule has 3 aromatic carbocycles. The van der Waals surface area contributed by atoms with Crippen LogP contribution in [-0.2, 0) is 19.6 Å². The van der Waals surface area contributed by atoms with Gasteiger partial charge in [-0.15, -0.1) is 0 Å². The van der Waals surface area contributed by atoms with Crippen LogP contribution in [0.4, 0.5) is 13.2 Å². The molecule has 6 aromatic rings. The number of hydrogen-bond donors (Lipinski definition) is 1. The lowest BCUT2D eigenvalue weighted by Gasteiger charge is -2.12. The van der Waals surface area contributed by atoms with E-state index in [1.807, 2.05) is 6.07 Å². The van der Waals surface area contributed by atoms with Crippen LogP contribution in [0.15, 0.2) is 79.0 Å². The molecular formula is C32H23F3N4O3S. The Morgan fingerprint density at radius 1 is 0.930 bits per heavy atom. The van der Waals surface area contributed by atoms with Gasteiger partial charge < -0.3 is 14.4 Å². The Labute approximate surface area is 248 Å². The molecule has 7 nitrogen and oxygen atoms in total. The van der Waals surface area contributed by atoms with Crippen LogP contribution in [0.1, 0.15) is 37.7 Å². The molecule has 11 heteroatoms. The summed E-state index contributed by atoms with van der Waals surface area (Å²) in [5.41, 5.74) is 2.49. The Hall–Kier alpha value is -5.03. The molecule has 216 valence electrons. The lowest BCUT2D eigenvalue weighted by Crippen LogP contribution is -2.07. The Morgan fingerprint density at radius 3 is 2.53 bits per heavy atom. The van der Waals surface area contributed by atoms with E-state index in [9.17, 15) is 14.3 Å². The first-order valence-corrected chi connectivity index (χ1v) is 14.0. The average molecular weight is 601 g/mol. The topological polar surface area (TPSA) is 90.1 Å². The fraction of sp³-hybridized carbons (Fsp3) is 0.125. The van der Waals surface area contributed by atoms with E-state index < -0.39 is 23.4 Å². The zero-order chi connectivity index (χ0) is 30.1. The number of hydrogen-bond acceptors (Lipinski definition) is 6. The Morgan fingerprint density at radius 2 is 1.77 bits per heavy atom. The molecule has 0 saturated carbocycles. The van der Waals surface area contributed by atoms with Gasteiger partial charge in [0.1, 0.15) is 29.9 Å². The van der Waals surface area contributed by atoms with Gasteiger partial charge in [0.2, 0.25) is 5.88 Å². The van der Waals surface area contributed by atoms with Crippen LogP contribution in [0.3, 0.4) is 0 Å². The van der Waals surface area contributed by atoms with Crippen molar-refractivity contribution in [1.82, 2.24) is 18.9 Å². The largest absolute Gasteiger partial charge is 0.478 e. The summed E-state index contributed by atoms with van der Waals surface area (Å²) in [6.45, 7) is 2.05. The predicted molar refractivity (Wildman–Crippen MR) is 156 cm³/mol. The van der Waals surface area contributed by atoms with E-state index in [1.54, 1.807) is 48.0 Å². The molecule has 3 heterocycles. The van der Waals surface area contributed by atoms with Gasteiger partial charge in [-0.2, -0.15) is 0 Å². The number of imidazole rings is 1. The number of ether oxygens (including phenoxy) is 1. The van der Waals surface area contributed by atoms with E-state index >= 15 is 8.78 Å². The number of carboxylic acid groups (broad SMARTS) is 1. The number of fused-ring (bicyclic) bond motifs is 1. The summed E-state index contributed by atoms with van der Waals surface area (Å²) in [5.74, 6) is -2.25. The molecule has 0 amide bonds. The Bertz CT molecular complexity index is 1980. The third-order valence-corrected chi connectivity index (χ3v) is 7.67. The smallest absolute Gasteiger partial charge is 0.335 e. The van der Waals surface area contributed by atoms with Crippen LogP contribution in [0, 0.1) is 24.4 Å². The van der Waals surface area contributed by atoms with Crippen LogP contribution in [0.5, 0.6) is 5.88 Å². The highest BCUT2D eigenvalue weighted by Gasteiger charge is 2.19. The van der Waals surface area contributed by atoms with Gasteiger partial charge in [0.15, 0.2) is 0 Å². The molecule has 0 atom stereocenters. The molecule has 0 aliphatic carbocycles. The average Bonchev–Trinajstić information content (AvgIpc) is 3.62. The SMILES string of the molecule is Cc1ccc(COc2cccc(-c3cc(F)c(Cc4nc5ccc(C(=O)O)cc5n4Cc4ccns4)cc3F)n2)c(F)c1. The normalized spacial score (nSPS) is 11.3. The standard InChI is InChI=1S/C32H23F3N4O3S/c1-18-5-6-20(24(33)11-18)17-42-31-4-2-3-27(38-31)23-15-25(34)21(12-26(23)35)14-30-37-28-8-7-19(32(40)41)13-29(28)39(30)16-22-9-10-36-43-22/h2-13,15H,14,16-17H2,1H3,(H,40,41). The predicted octanol–water partition coefficient (Wildman–Crippen LogP) is 7.20. The number of aryl methyl sites for hydroxylation is 1. The van der Waals surface area contributed by atoms with Gasteiger partial charge in [0, 0.05) is 34.7 Å². The van der Waals surface area contributed by atoms with Crippen molar-refractivity contribution in [3.8, 4) is 17.1 Å². The Balaban J connectivity index is 1.29. The molecule has 1 N–H and O–H groups in total. The first-order chi connectivity index (χ1) is 20.7. The summed E-state index contributed by atoms with van der Waals surface area (Å²) in [4.78, 5) is 21.4. The number of carboxylic acids is 1. The van der Waals surface area contributed by atoms with Gasteiger partial charge in [-0.3, -0.25) is 0 Å². The van der Waals surface area contributed by atoms with Crippen LogP contribution in [0.2, 0.25) is 0 Å². The minimum Gasteiger partial charge on any atom is -0.478 e. The molecule has 43 heavy (non-hydrogen) atoms. The summed E-state index contributed by atoms with van der Waals surface area (Å²) < 4.78 is 56.7. The number of carbonyl (C=O) groups is 1. The number of benzene rings is 3. The first kappa shape index (κ1) is 28.1. The van der Waals surface area contributed by atoms with Crippen LogP contribution in [0.25, 0.3) is 22.3 Å². The fourth-order valence-electron chi connectivity index (χ4n) is 4.75. The highest BCUT2D eigenvalue weighted by Crippen LogP contribution is 2.29. The zero-order valence-corrected chi connectivity index (χ0v) is 23.5. The summed E-state index contributed by atoms with van der Waals surface area (Å²) in [6.07, 6.45) is 1.61. The zero-order valence-electron chi connectivity index (χ0n) is 22.7. The highest BCUT2D eigenvalue weighted by molar-refractivity contribution is 7.05. The second kappa shape index (κ2) is 11.7. The molecule has 0 aliphatic heterocycles. The van der Waals surface area contributed by atoms with E-state index in [4.69, 9.17) is 4.74 Å². The van der Waals surface area contributed by atoms with Crippen molar-refractivity contribution < 1.29 is 27.8 Å². The van der Waals surface area contributed by atoms with Crippen molar-refractivity contribution in [2.45, 2.75) is 26.5 Å². The lowest BCUT2D eigenvalue weighted by molar-refractivity contribution is 0.0697. The second-order valence-electron chi connectivity index (χ2n) is 9.95. The van der Waals surface area contributed by atoms with E-state index in [0.29, 0.717) is 29.0 Å². The van der Waals surface area contributed by atoms with E-state index in [-0.39, 0.29) is 41.3 Å². The first-order valence-electron chi connectivity index (χ1n) is 13.2. The number of aromatic nitrogens is 4. The molecule has 3 aromatic heterocycles. The minimum atomic E-state index is -1.08. The molecule has 0 fully saturated rings. The van der Waals surface area contributed by atoms with Crippen molar-refractivity contribution >= 4 is 28.5 Å². The van der Waals surface area contributed by atoms with Gasteiger partial charge >= 0.3 is 5.97 Å². The number of aromatic carboxylic acids is 1. The lowest BCUT2D eigenvalue weighted by atomic mass is 10.0. The van der Waals surface area contributed by atoms with Crippen molar-refractivity contribution in [3.05, 3.63) is 129 Å². The maximum absolute atomic E-state index is 15.5. The van der Waals surface area contributed by atoms with E-state index in [1.165, 1.54) is 35.8 Å². The molecule has 6 rings (SSSR count). The van der Waals surface area contributed by atoms with Crippen molar-refractivity contribution in [1.29, 1.82) is 0 Å². The quantitative estimate of drug-likeness (QED) is 0.189. The van der Waals surface area contributed by atoms with Gasteiger partial charge in [-0.1, -0.05) is 18.2 Å². The van der Waals surface area contributed by atoms with Gasteiger partial charge in [-0.05, 0) is 78.1 Å². The number of pyridine rings is 1. The van der Waals surface area contributed by atoms with Gasteiger partial charge in [0.25, 0.3) is 0 Å². The summed E-state index contributed by atoms with van der Waals surface area (Å²) in [7, 11) is 0. The summed E-state index contributed by atoms with van der Waals surface area (Å²) >= 11 is 1.28. The molecule has 0 bridgehead atoms. The van der Waals surface area contributed by atoms with Crippen LogP contribution in [-0.4, -0.2) is 30.0 Å². The third-order valence-electron chi connectivity index (χ3n) is 6.95. The summed E-state index contributed by atoms with van der Waals surface area (Å²) in [6, 6.07) is 18.1. The summed E-state index contributed by atoms with van der Waals surface area (Å²) in [5, 5.41) is 9.48. The molecular weight excluding hydrogens is 577 g/mol. The number of halogens is 3. The second-order valence-corrected chi connectivity index (χ2v) is 10.9. The maximum Gasteiger partial charge on any atom is 0.335 e. The number of rotatable bonds is 9. The van der Waals surface area contributed by atoms with Crippen molar-refractivity contribution in [3.63, 3.8) is 0 Å². The van der Waals surface area contributed by atoms with Gasteiger partial charge in [0.05, 0.1) is 28.8 Å². The van der Waals surface area contributed by atoms with Crippen LogP contribution < -0.4 is 4.74 Å². The van der Waals surface area contributed by atoms with Crippen molar-refractivity contribution in [2.24, 2.45) is 0 Å². The number of nitrogens with zero attached hydrogens (tertiary/aromatic N) is 4. The molecule has 0 saturated heterocycles. The fourth-order valence-corrected chi connectivity index (χ4v) is 5.32.